The van der Waals surface area contributed by atoms with Gasteiger partial charge in [-0.3, -0.25) is 4.79 Å². The largest absolute Gasteiger partial charge is 0.497 e. The number of esters is 2. The van der Waals surface area contributed by atoms with Crippen molar-refractivity contribution < 1.29 is 23.8 Å². The van der Waals surface area contributed by atoms with Gasteiger partial charge in [0.2, 0.25) is 0 Å². The minimum Gasteiger partial charge on any atom is -0.497 e. The molecule has 0 saturated heterocycles. The monoisotopic (exact) mass is 330 g/mol. The van der Waals surface area contributed by atoms with Gasteiger partial charge in [0.05, 0.1) is 13.7 Å². The number of carbonyl (C=O) groups is 2. The molecule has 0 N–H and O–H groups in total. The molecule has 0 aliphatic heterocycles. The summed E-state index contributed by atoms with van der Waals surface area (Å²) in [5, 5.41) is 0.409. The molecule has 1 aromatic carbocycles. The number of benzene rings is 1. The summed E-state index contributed by atoms with van der Waals surface area (Å²) in [6.07, 6.45) is 0. The number of alkyl halides is 1. The molecule has 19 heavy (non-hydrogen) atoms. The predicted octanol–water partition coefficient (Wildman–Crippen LogP) is 2.69. The number of hydrogen-bond donors (Lipinski definition) is 0. The van der Waals surface area contributed by atoms with Crippen LogP contribution in [0.3, 0.4) is 0 Å². The highest BCUT2D eigenvalue weighted by atomic mass is 79.9. The van der Waals surface area contributed by atoms with E-state index in [0.29, 0.717) is 16.6 Å². The first kappa shape index (κ1) is 15.5. The zero-order valence-electron chi connectivity index (χ0n) is 11.0. The van der Waals surface area contributed by atoms with Crippen LogP contribution in [0.2, 0.25) is 0 Å². The molecule has 1 aromatic rings. The zero-order valence-corrected chi connectivity index (χ0v) is 12.6. The van der Waals surface area contributed by atoms with E-state index in [2.05, 4.69) is 15.9 Å². The third-order valence-corrected chi connectivity index (χ3v) is 2.87. The molecule has 0 aliphatic rings. The first-order valence-electron chi connectivity index (χ1n) is 5.65. The van der Waals surface area contributed by atoms with E-state index in [-0.39, 0.29) is 17.9 Å². The third-order valence-electron chi connectivity index (χ3n) is 2.27. The maximum Gasteiger partial charge on any atom is 0.342 e. The number of hydrogen-bond acceptors (Lipinski definition) is 5. The molecular weight excluding hydrogens is 316 g/mol. The maximum atomic E-state index is 12.0. The van der Waals surface area contributed by atoms with Crippen LogP contribution in [0.1, 0.15) is 29.8 Å². The van der Waals surface area contributed by atoms with E-state index in [1.54, 1.807) is 13.0 Å². The van der Waals surface area contributed by atoms with Crippen molar-refractivity contribution in [2.75, 3.05) is 13.7 Å². The Kier molecular flexibility index (Phi) is 5.82. The molecule has 0 fully saturated rings. The van der Waals surface area contributed by atoms with Crippen LogP contribution in [0, 0.1) is 0 Å². The second kappa shape index (κ2) is 7.13. The Hall–Kier alpha value is -1.56. The molecule has 5 nitrogen and oxygen atoms in total. The van der Waals surface area contributed by atoms with Gasteiger partial charge in [0.25, 0.3) is 0 Å². The van der Waals surface area contributed by atoms with Crippen molar-refractivity contribution in [3.05, 3.63) is 23.3 Å². The average molecular weight is 331 g/mol. The van der Waals surface area contributed by atoms with Crippen molar-refractivity contribution in [1.29, 1.82) is 0 Å². The fourth-order valence-corrected chi connectivity index (χ4v) is 1.98. The second-order valence-electron chi connectivity index (χ2n) is 3.61. The SMILES string of the molecule is CCOC(=O)c1c(CBr)cc(OC)cc1OC(C)=O. The third kappa shape index (κ3) is 3.96. The molecule has 1 rings (SSSR count). The topological polar surface area (TPSA) is 61.8 Å². The standard InChI is InChI=1S/C13H15BrO5/c1-4-18-13(16)12-9(7-14)5-10(17-3)6-11(12)19-8(2)15/h5-6H,4,7H2,1-3H3. The number of carbonyl (C=O) groups excluding carboxylic acids is 2. The molecule has 0 atom stereocenters. The van der Waals surface area contributed by atoms with E-state index < -0.39 is 11.9 Å². The van der Waals surface area contributed by atoms with Crippen LogP contribution in [0.5, 0.6) is 11.5 Å². The number of ether oxygens (including phenoxy) is 3. The Morgan fingerprint density at radius 1 is 1.32 bits per heavy atom. The predicted molar refractivity (Wildman–Crippen MR) is 72.9 cm³/mol. The van der Waals surface area contributed by atoms with Gasteiger partial charge in [-0.05, 0) is 18.6 Å². The molecule has 0 spiro atoms. The molecule has 6 heteroatoms. The van der Waals surface area contributed by atoms with Crippen molar-refractivity contribution in [1.82, 2.24) is 0 Å². The lowest BCUT2D eigenvalue weighted by Gasteiger charge is -2.13. The number of halogens is 1. The van der Waals surface area contributed by atoms with Crippen LogP contribution >= 0.6 is 15.9 Å². The Morgan fingerprint density at radius 3 is 2.47 bits per heavy atom. The first-order valence-corrected chi connectivity index (χ1v) is 6.78. The average Bonchev–Trinajstić information content (AvgIpc) is 2.37. The molecule has 104 valence electrons. The summed E-state index contributed by atoms with van der Waals surface area (Å²) in [5.74, 6) is -0.409. The highest BCUT2D eigenvalue weighted by molar-refractivity contribution is 9.08. The molecule has 0 radical (unpaired) electrons. The van der Waals surface area contributed by atoms with Gasteiger partial charge in [0.1, 0.15) is 17.1 Å². The summed E-state index contributed by atoms with van der Waals surface area (Å²) in [6.45, 7) is 3.22. The first-order chi connectivity index (χ1) is 9.03. The van der Waals surface area contributed by atoms with Crippen LogP contribution < -0.4 is 9.47 Å². The lowest BCUT2D eigenvalue weighted by Crippen LogP contribution is -2.13. The number of methoxy groups -OCH3 is 1. The van der Waals surface area contributed by atoms with E-state index in [0.717, 1.165) is 0 Å². The Bertz CT molecular complexity index is 484. The molecule has 0 bridgehead atoms. The van der Waals surface area contributed by atoms with Crippen LogP contribution in [0.4, 0.5) is 0 Å². The highest BCUT2D eigenvalue weighted by Gasteiger charge is 2.21. The van der Waals surface area contributed by atoms with Gasteiger partial charge in [0.15, 0.2) is 0 Å². The molecule has 0 unspecified atom stereocenters. The Balaban J connectivity index is 3.36. The van der Waals surface area contributed by atoms with Gasteiger partial charge in [0, 0.05) is 18.3 Å². The quantitative estimate of drug-likeness (QED) is 0.472. The summed E-state index contributed by atoms with van der Waals surface area (Å²) < 4.78 is 15.1. The van der Waals surface area contributed by atoms with Crippen LogP contribution in [0.25, 0.3) is 0 Å². The summed E-state index contributed by atoms with van der Waals surface area (Å²) >= 11 is 3.29. The molecule has 0 aliphatic carbocycles. The van der Waals surface area contributed by atoms with Crippen molar-refractivity contribution in [3.63, 3.8) is 0 Å². The van der Waals surface area contributed by atoms with Gasteiger partial charge >= 0.3 is 11.9 Å². The van der Waals surface area contributed by atoms with E-state index >= 15 is 0 Å². The van der Waals surface area contributed by atoms with Gasteiger partial charge in [-0.1, -0.05) is 15.9 Å². The minimum atomic E-state index is -0.532. The smallest absolute Gasteiger partial charge is 0.342 e. The summed E-state index contributed by atoms with van der Waals surface area (Å²) in [7, 11) is 1.49. The van der Waals surface area contributed by atoms with Crippen molar-refractivity contribution >= 4 is 27.9 Å². The normalized spacial score (nSPS) is 9.89. The zero-order chi connectivity index (χ0) is 14.4. The fourth-order valence-electron chi connectivity index (χ4n) is 1.54. The summed E-state index contributed by atoms with van der Waals surface area (Å²) in [4.78, 5) is 23.1. The van der Waals surface area contributed by atoms with E-state index in [1.165, 1.54) is 20.1 Å². The van der Waals surface area contributed by atoms with Crippen molar-refractivity contribution in [3.8, 4) is 11.5 Å². The summed E-state index contributed by atoms with van der Waals surface area (Å²) in [5.41, 5.74) is 0.865. The van der Waals surface area contributed by atoms with Crippen molar-refractivity contribution in [2.45, 2.75) is 19.2 Å². The molecule has 0 saturated carbocycles. The lowest BCUT2D eigenvalue weighted by atomic mass is 10.1. The van der Waals surface area contributed by atoms with Crippen molar-refractivity contribution in [2.24, 2.45) is 0 Å². The minimum absolute atomic E-state index is 0.139. The highest BCUT2D eigenvalue weighted by Crippen LogP contribution is 2.31. The van der Waals surface area contributed by atoms with E-state index in [1.807, 2.05) is 0 Å². The molecule has 0 heterocycles. The van der Waals surface area contributed by atoms with Gasteiger partial charge < -0.3 is 14.2 Å². The lowest BCUT2D eigenvalue weighted by molar-refractivity contribution is -0.131. The fraction of sp³-hybridized carbons (Fsp3) is 0.385. The number of rotatable bonds is 5. The van der Waals surface area contributed by atoms with E-state index in [4.69, 9.17) is 14.2 Å². The molecule has 0 aromatic heterocycles. The molecule has 0 amide bonds. The van der Waals surface area contributed by atoms with Crippen LogP contribution in [-0.4, -0.2) is 25.7 Å². The molecular formula is C13H15BrO5. The van der Waals surface area contributed by atoms with Gasteiger partial charge in [-0.25, -0.2) is 4.79 Å². The maximum absolute atomic E-state index is 12.0. The van der Waals surface area contributed by atoms with Crippen LogP contribution in [0.15, 0.2) is 12.1 Å². The summed E-state index contributed by atoms with van der Waals surface area (Å²) in [6, 6.07) is 3.17. The van der Waals surface area contributed by atoms with E-state index in [9.17, 15) is 9.59 Å². The van der Waals surface area contributed by atoms with Gasteiger partial charge in [-0.2, -0.15) is 0 Å². The van der Waals surface area contributed by atoms with Crippen LogP contribution in [-0.2, 0) is 14.9 Å². The Labute approximate surface area is 120 Å². The second-order valence-corrected chi connectivity index (χ2v) is 4.17. The Morgan fingerprint density at radius 2 is 2.00 bits per heavy atom. The van der Waals surface area contributed by atoms with Gasteiger partial charge in [-0.15, -0.1) is 0 Å².